The fourth-order valence-electron chi connectivity index (χ4n) is 3.69. The molecule has 1 heterocycles. The van der Waals surface area contributed by atoms with E-state index in [1.54, 1.807) is 11.0 Å². The van der Waals surface area contributed by atoms with Crippen molar-refractivity contribution >= 4 is 16.1 Å². The molecule has 3 rings (SSSR count). The zero-order valence-corrected chi connectivity index (χ0v) is 21.0. The van der Waals surface area contributed by atoms with Crippen LogP contribution in [0.15, 0.2) is 47.4 Å². The number of hydrogen-bond acceptors (Lipinski definition) is 6. The highest BCUT2D eigenvalue weighted by Crippen LogP contribution is 2.34. The van der Waals surface area contributed by atoms with Gasteiger partial charge in [-0.25, -0.2) is 4.79 Å². The SMILES string of the molecule is COc1ccc(CN(CC2CCCO2)C(=O)NC(C)C)cc1OS(=O)(=O)c1cccc(C(F)(F)F)c1. The first kappa shape index (κ1) is 27.6. The maximum absolute atomic E-state index is 13.1. The lowest BCUT2D eigenvalue weighted by Crippen LogP contribution is -2.45. The zero-order valence-electron chi connectivity index (χ0n) is 20.2. The number of rotatable bonds is 9. The van der Waals surface area contributed by atoms with Crippen LogP contribution in [0.25, 0.3) is 0 Å². The number of methoxy groups -OCH3 is 1. The van der Waals surface area contributed by atoms with Gasteiger partial charge in [0.1, 0.15) is 4.90 Å². The molecule has 1 N–H and O–H groups in total. The Hall–Kier alpha value is -2.99. The highest BCUT2D eigenvalue weighted by Gasteiger charge is 2.32. The smallest absolute Gasteiger partial charge is 0.416 e. The van der Waals surface area contributed by atoms with Crippen LogP contribution >= 0.6 is 0 Å². The third kappa shape index (κ3) is 7.26. The van der Waals surface area contributed by atoms with Gasteiger partial charge in [0.05, 0.1) is 18.8 Å². The van der Waals surface area contributed by atoms with Crippen LogP contribution in [0.5, 0.6) is 11.5 Å². The van der Waals surface area contributed by atoms with E-state index in [0.29, 0.717) is 24.8 Å². The minimum atomic E-state index is -4.72. The largest absolute Gasteiger partial charge is 0.493 e. The molecule has 0 spiro atoms. The first-order valence-electron chi connectivity index (χ1n) is 11.3. The van der Waals surface area contributed by atoms with E-state index in [2.05, 4.69) is 5.32 Å². The van der Waals surface area contributed by atoms with Crippen LogP contribution in [-0.4, -0.2) is 51.8 Å². The monoisotopic (exact) mass is 530 g/mol. The Morgan fingerprint density at radius 1 is 1.19 bits per heavy atom. The van der Waals surface area contributed by atoms with Gasteiger partial charge in [-0.1, -0.05) is 12.1 Å². The van der Waals surface area contributed by atoms with Gasteiger partial charge < -0.3 is 23.9 Å². The molecule has 0 aromatic heterocycles. The molecule has 2 amide bonds. The normalized spacial score (nSPS) is 16.1. The average Bonchev–Trinajstić information content (AvgIpc) is 3.31. The van der Waals surface area contributed by atoms with E-state index in [1.807, 2.05) is 13.8 Å². The molecule has 1 aliphatic rings. The Kier molecular flexibility index (Phi) is 8.72. The number of benzene rings is 2. The number of nitrogens with one attached hydrogen (secondary N) is 1. The summed E-state index contributed by atoms with van der Waals surface area (Å²) in [5.74, 6) is -0.152. The lowest BCUT2D eigenvalue weighted by Gasteiger charge is -2.27. The number of carbonyl (C=O) groups excluding carboxylic acids is 1. The van der Waals surface area contributed by atoms with Gasteiger partial charge in [-0.15, -0.1) is 0 Å². The molecule has 1 fully saturated rings. The van der Waals surface area contributed by atoms with Gasteiger partial charge in [-0.3, -0.25) is 0 Å². The minimum Gasteiger partial charge on any atom is -0.493 e. The molecule has 1 unspecified atom stereocenters. The Labute approximate surface area is 208 Å². The van der Waals surface area contributed by atoms with Crippen molar-refractivity contribution in [2.24, 2.45) is 0 Å². The molecule has 0 radical (unpaired) electrons. The van der Waals surface area contributed by atoms with Gasteiger partial charge in [0.25, 0.3) is 0 Å². The number of nitrogens with zero attached hydrogens (tertiary/aromatic N) is 1. The molecule has 0 saturated carbocycles. The Bertz CT molecular complexity index is 1160. The number of urea groups is 1. The quantitative estimate of drug-likeness (QED) is 0.477. The molecule has 8 nitrogen and oxygen atoms in total. The molecule has 198 valence electrons. The van der Waals surface area contributed by atoms with E-state index < -0.39 is 26.8 Å². The molecule has 12 heteroatoms. The second-order valence-electron chi connectivity index (χ2n) is 8.67. The molecule has 0 aliphatic carbocycles. The summed E-state index contributed by atoms with van der Waals surface area (Å²) < 4.78 is 80.8. The molecule has 1 saturated heterocycles. The summed E-state index contributed by atoms with van der Waals surface area (Å²) in [7, 11) is -3.31. The second-order valence-corrected chi connectivity index (χ2v) is 10.2. The van der Waals surface area contributed by atoms with Crippen molar-refractivity contribution in [3.05, 3.63) is 53.6 Å². The van der Waals surface area contributed by atoms with Gasteiger partial charge in [0.15, 0.2) is 11.5 Å². The predicted molar refractivity (Wildman–Crippen MR) is 125 cm³/mol. The summed E-state index contributed by atoms with van der Waals surface area (Å²) in [5, 5.41) is 2.84. The zero-order chi connectivity index (χ0) is 26.5. The van der Waals surface area contributed by atoms with Crippen molar-refractivity contribution in [1.82, 2.24) is 10.2 Å². The van der Waals surface area contributed by atoms with Gasteiger partial charge in [-0.2, -0.15) is 21.6 Å². The second kappa shape index (κ2) is 11.4. The Morgan fingerprint density at radius 3 is 2.56 bits per heavy atom. The van der Waals surface area contributed by atoms with E-state index in [1.165, 1.54) is 19.2 Å². The fourth-order valence-corrected chi connectivity index (χ4v) is 4.67. The van der Waals surface area contributed by atoms with E-state index in [4.69, 9.17) is 13.7 Å². The number of hydrogen-bond donors (Lipinski definition) is 1. The van der Waals surface area contributed by atoms with Gasteiger partial charge in [-0.05, 0) is 62.6 Å². The molecule has 36 heavy (non-hydrogen) atoms. The summed E-state index contributed by atoms with van der Waals surface area (Å²) >= 11 is 0. The van der Waals surface area contributed by atoms with Crippen LogP contribution in [0.4, 0.5) is 18.0 Å². The van der Waals surface area contributed by atoms with E-state index in [0.717, 1.165) is 31.0 Å². The van der Waals surface area contributed by atoms with Gasteiger partial charge in [0, 0.05) is 25.7 Å². The summed E-state index contributed by atoms with van der Waals surface area (Å²) in [6, 6.07) is 7.37. The molecule has 2 aromatic rings. The number of carbonyl (C=O) groups is 1. The van der Waals surface area contributed by atoms with Crippen LogP contribution in [-0.2, 0) is 27.6 Å². The number of amides is 2. The van der Waals surface area contributed by atoms with Crippen molar-refractivity contribution in [3.8, 4) is 11.5 Å². The van der Waals surface area contributed by atoms with Crippen molar-refractivity contribution in [3.63, 3.8) is 0 Å². The standard InChI is InChI=1S/C24H29F3N2O6S/c1-16(2)28-23(30)29(15-19-7-5-11-34-19)14-17-9-10-21(33-3)22(12-17)35-36(31,32)20-8-4-6-18(13-20)24(25,26)27/h4,6,8-10,12-13,16,19H,5,7,11,14-15H2,1-3H3,(H,28,30). The number of halogens is 3. The molecule has 0 bridgehead atoms. The van der Waals surface area contributed by atoms with Crippen molar-refractivity contribution in [2.45, 2.75) is 56.5 Å². The summed E-state index contributed by atoms with van der Waals surface area (Å²) in [6.07, 6.45) is -3.11. The molecule has 2 aromatic carbocycles. The minimum absolute atomic E-state index is 0.0617. The first-order chi connectivity index (χ1) is 16.9. The van der Waals surface area contributed by atoms with Crippen molar-refractivity contribution in [2.75, 3.05) is 20.3 Å². The van der Waals surface area contributed by atoms with E-state index >= 15 is 0 Å². The summed E-state index contributed by atoms with van der Waals surface area (Å²) in [6.45, 7) is 4.74. The highest BCUT2D eigenvalue weighted by molar-refractivity contribution is 7.87. The Balaban J connectivity index is 1.87. The third-order valence-corrected chi connectivity index (χ3v) is 6.63. The lowest BCUT2D eigenvalue weighted by atomic mass is 10.1. The summed E-state index contributed by atoms with van der Waals surface area (Å²) in [4.78, 5) is 13.7. The van der Waals surface area contributed by atoms with Crippen molar-refractivity contribution < 1.29 is 40.0 Å². The maximum atomic E-state index is 13.1. The van der Waals surface area contributed by atoms with Gasteiger partial charge >= 0.3 is 22.3 Å². The molecular formula is C24H29F3N2O6S. The first-order valence-corrected chi connectivity index (χ1v) is 12.8. The molecule has 1 atom stereocenters. The van der Waals surface area contributed by atoms with Crippen LogP contribution in [0.1, 0.15) is 37.8 Å². The van der Waals surface area contributed by atoms with E-state index in [-0.39, 0.29) is 36.2 Å². The number of alkyl halides is 3. The summed E-state index contributed by atoms with van der Waals surface area (Å²) in [5.41, 5.74) is -0.587. The van der Waals surface area contributed by atoms with Gasteiger partial charge in [0.2, 0.25) is 0 Å². The van der Waals surface area contributed by atoms with Crippen LogP contribution in [0.2, 0.25) is 0 Å². The highest BCUT2D eigenvalue weighted by atomic mass is 32.2. The van der Waals surface area contributed by atoms with Crippen molar-refractivity contribution in [1.29, 1.82) is 0 Å². The van der Waals surface area contributed by atoms with Crippen LogP contribution in [0.3, 0.4) is 0 Å². The number of ether oxygens (including phenoxy) is 2. The maximum Gasteiger partial charge on any atom is 0.416 e. The van der Waals surface area contributed by atoms with E-state index in [9.17, 15) is 26.4 Å². The average molecular weight is 531 g/mol. The molecular weight excluding hydrogens is 501 g/mol. The predicted octanol–water partition coefficient (Wildman–Crippen LogP) is 4.58. The fraction of sp³-hybridized carbons (Fsp3) is 0.458. The topological polar surface area (TPSA) is 94.2 Å². The van der Waals surface area contributed by atoms with Crippen LogP contribution in [0, 0.1) is 0 Å². The third-order valence-electron chi connectivity index (χ3n) is 5.40. The lowest BCUT2D eigenvalue weighted by molar-refractivity contribution is -0.137. The van der Waals surface area contributed by atoms with Crippen LogP contribution < -0.4 is 14.2 Å². The Morgan fingerprint density at radius 2 is 1.94 bits per heavy atom. The molecule has 1 aliphatic heterocycles.